The Morgan fingerprint density at radius 2 is 1.71 bits per heavy atom. The van der Waals surface area contributed by atoms with Gasteiger partial charge < -0.3 is 4.74 Å². The molecule has 0 bridgehead atoms. The lowest BCUT2D eigenvalue weighted by atomic mass is 9.93. The zero-order chi connectivity index (χ0) is 19.3. The van der Waals surface area contributed by atoms with Crippen LogP contribution in [0.1, 0.15) is 21.6 Å². The predicted octanol–water partition coefficient (Wildman–Crippen LogP) is 5.25. The molecule has 0 atom stereocenters. The van der Waals surface area contributed by atoms with Gasteiger partial charge >= 0.3 is 5.97 Å². The van der Waals surface area contributed by atoms with Crippen LogP contribution in [0.5, 0.6) is 0 Å². The number of ether oxygens (including phenoxy) is 1. The standard InChI is InChI=1S/C24H18N2O2/c1-28-24(27)23-21(14-13-17-8-7-15-25-16-17)26-20-12-6-5-11-19(20)22(23)18-9-3-2-4-10-18/h2-16H,1H3/b14-13+. The molecule has 0 saturated heterocycles. The van der Waals surface area contributed by atoms with Gasteiger partial charge in [-0.1, -0.05) is 60.7 Å². The van der Waals surface area contributed by atoms with Crippen molar-refractivity contribution in [3.05, 3.63) is 95.9 Å². The quantitative estimate of drug-likeness (QED) is 0.463. The van der Waals surface area contributed by atoms with Crippen molar-refractivity contribution in [2.24, 2.45) is 0 Å². The van der Waals surface area contributed by atoms with E-state index in [1.165, 1.54) is 7.11 Å². The first-order chi connectivity index (χ1) is 13.8. The molecule has 136 valence electrons. The van der Waals surface area contributed by atoms with Crippen molar-refractivity contribution in [1.82, 2.24) is 9.97 Å². The number of hydrogen-bond acceptors (Lipinski definition) is 4. The molecule has 0 N–H and O–H groups in total. The third-order valence-corrected chi connectivity index (χ3v) is 4.49. The molecule has 0 aliphatic rings. The average molecular weight is 366 g/mol. The van der Waals surface area contributed by atoms with Gasteiger partial charge in [-0.15, -0.1) is 0 Å². The lowest BCUT2D eigenvalue weighted by Crippen LogP contribution is -2.09. The van der Waals surface area contributed by atoms with E-state index in [-0.39, 0.29) is 0 Å². The summed E-state index contributed by atoms with van der Waals surface area (Å²) in [6, 6.07) is 21.5. The molecule has 2 aromatic carbocycles. The fraction of sp³-hybridized carbons (Fsp3) is 0.0417. The smallest absolute Gasteiger partial charge is 0.340 e. The van der Waals surface area contributed by atoms with Crippen LogP contribution in [0, 0.1) is 0 Å². The first-order valence-electron chi connectivity index (χ1n) is 8.92. The number of methoxy groups -OCH3 is 1. The molecule has 0 amide bonds. The monoisotopic (exact) mass is 366 g/mol. The molecule has 2 heterocycles. The number of carbonyl (C=O) groups excluding carboxylic acids is 1. The second-order valence-corrected chi connectivity index (χ2v) is 6.24. The Balaban J connectivity index is 2.01. The Morgan fingerprint density at radius 1 is 0.929 bits per heavy atom. The molecular weight excluding hydrogens is 348 g/mol. The average Bonchev–Trinajstić information content (AvgIpc) is 2.77. The number of pyridine rings is 2. The molecule has 0 fully saturated rings. The number of benzene rings is 2. The van der Waals surface area contributed by atoms with Gasteiger partial charge in [-0.25, -0.2) is 9.78 Å². The summed E-state index contributed by atoms with van der Waals surface area (Å²) < 4.78 is 5.11. The van der Waals surface area contributed by atoms with E-state index in [0.717, 1.165) is 27.6 Å². The molecule has 4 heteroatoms. The Labute approximate surface area is 163 Å². The summed E-state index contributed by atoms with van der Waals surface area (Å²) >= 11 is 0. The summed E-state index contributed by atoms with van der Waals surface area (Å²) in [4.78, 5) is 21.6. The molecule has 4 aromatic rings. The minimum Gasteiger partial charge on any atom is -0.465 e. The highest BCUT2D eigenvalue weighted by Crippen LogP contribution is 2.34. The first kappa shape index (κ1) is 17.6. The Morgan fingerprint density at radius 3 is 2.46 bits per heavy atom. The molecule has 0 spiro atoms. The van der Waals surface area contributed by atoms with E-state index >= 15 is 0 Å². The number of aromatic nitrogens is 2. The van der Waals surface area contributed by atoms with Crippen molar-refractivity contribution < 1.29 is 9.53 Å². The van der Waals surface area contributed by atoms with Crippen LogP contribution in [0.15, 0.2) is 79.1 Å². The molecule has 0 aliphatic carbocycles. The van der Waals surface area contributed by atoms with E-state index in [2.05, 4.69) is 4.98 Å². The summed E-state index contributed by atoms with van der Waals surface area (Å²) in [5.41, 5.74) is 4.52. The third kappa shape index (κ3) is 3.40. The summed E-state index contributed by atoms with van der Waals surface area (Å²) in [5.74, 6) is -0.414. The van der Waals surface area contributed by atoms with Crippen molar-refractivity contribution in [1.29, 1.82) is 0 Å². The molecule has 4 nitrogen and oxygen atoms in total. The van der Waals surface area contributed by atoms with Crippen molar-refractivity contribution >= 4 is 29.0 Å². The van der Waals surface area contributed by atoms with Crippen molar-refractivity contribution in [3.63, 3.8) is 0 Å². The Kier molecular flexibility index (Phi) is 4.93. The number of nitrogens with zero attached hydrogens (tertiary/aromatic N) is 2. The van der Waals surface area contributed by atoms with Gasteiger partial charge in [0.05, 0.1) is 23.9 Å². The molecule has 28 heavy (non-hydrogen) atoms. The zero-order valence-corrected chi connectivity index (χ0v) is 15.4. The third-order valence-electron chi connectivity index (χ3n) is 4.49. The van der Waals surface area contributed by atoms with Crippen LogP contribution in [0.25, 0.3) is 34.2 Å². The Bertz CT molecular complexity index is 1150. The van der Waals surface area contributed by atoms with Crippen LogP contribution >= 0.6 is 0 Å². The highest BCUT2D eigenvalue weighted by molar-refractivity contribution is 6.09. The molecule has 2 aromatic heterocycles. The summed E-state index contributed by atoms with van der Waals surface area (Å²) in [5, 5.41) is 0.910. The summed E-state index contributed by atoms with van der Waals surface area (Å²) in [6.45, 7) is 0. The van der Waals surface area contributed by atoms with Crippen molar-refractivity contribution in [2.45, 2.75) is 0 Å². The number of hydrogen-bond donors (Lipinski definition) is 0. The van der Waals surface area contributed by atoms with Gasteiger partial charge in [-0.2, -0.15) is 0 Å². The Hall–Kier alpha value is -3.79. The topological polar surface area (TPSA) is 52.1 Å². The lowest BCUT2D eigenvalue weighted by molar-refractivity contribution is 0.0601. The highest BCUT2D eigenvalue weighted by atomic mass is 16.5. The fourth-order valence-electron chi connectivity index (χ4n) is 3.21. The molecular formula is C24H18N2O2. The van der Waals surface area contributed by atoms with Gasteiger partial charge in [-0.05, 0) is 29.3 Å². The van der Waals surface area contributed by atoms with Crippen LogP contribution in [0.4, 0.5) is 0 Å². The van der Waals surface area contributed by atoms with Gasteiger partial charge in [0.25, 0.3) is 0 Å². The minimum atomic E-state index is -0.414. The lowest BCUT2D eigenvalue weighted by Gasteiger charge is -2.14. The summed E-state index contributed by atoms with van der Waals surface area (Å²) in [6.07, 6.45) is 7.21. The number of rotatable bonds is 4. The van der Waals surface area contributed by atoms with E-state index in [1.807, 2.05) is 78.9 Å². The van der Waals surface area contributed by atoms with Gasteiger partial charge in [0.1, 0.15) is 0 Å². The molecule has 0 radical (unpaired) electrons. The predicted molar refractivity (Wildman–Crippen MR) is 112 cm³/mol. The van der Waals surface area contributed by atoms with Crippen LogP contribution in [0.2, 0.25) is 0 Å². The van der Waals surface area contributed by atoms with Crippen molar-refractivity contribution in [2.75, 3.05) is 7.11 Å². The maximum atomic E-state index is 12.8. The van der Waals surface area contributed by atoms with E-state index in [1.54, 1.807) is 12.4 Å². The van der Waals surface area contributed by atoms with Gasteiger partial charge in [0.2, 0.25) is 0 Å². The van der Waals surface area contributed by atoms with Crippen molar-refractivity contribution in [3.8, 4) is 11.1 Å². The second kappa shape index (κ2) is 7.84. The van der Waals surface area contributed by atoms with Crippen LogP contribution in [-0.4, -0.2) is 23.0 Å². The van der Waals surface area contributed by atoms with E-state index < -0.39 is 5.97 Å². The number of esters is 1. The van der Waals surface area contributed by atoms with Crippen LogP contribution in [-0.2, 0) is 4.74 Å². The second-order valence-electron chi connectivity index (χ2n) is 6.24. The van der Waals surface area contributed by atoms with Crippen LogP contribution < -0.4 is 0 Å². The van der Waals surface area contributed by atoms with Crippen LogP contribution in [0.3, 0.4) is 0 Å². The molecule has 0 aliphatic heterocycles. The maximum Gasteiger partial charge on any atom is 0.340 e. The molecule has 0 unspecified atom stereocenters. The number of para-hydroxylation sites is 1. The maximum absolute atomic E-state index is 12.8. The van der Waals surface area contributed by atoms with E-state index in [0.29, 0.717) is 11.3 Å². The number of carbonyl (C=O) groups is 1. The SMILES string of the molecule is COC(=O)c1c(/C=C/c2cccnc2)nc2ccccc2c1-c1ccccc1. The summed E-state index contributed by atoms with van der Waals surface area (Å²) in [7, 11) is 1.39. The van der Waals surface area contributed by atoms with E-state index in [9.17, 15) is 4.79 Å². The normalized spacial score (nSPS) is 11.0. The highest BCUT2D eigenvalue weighted by Gasteiger charge is 2.21. The van der Waals surface area contributed by atoms with Gasteiger partial charge in [0.15, 0.2) is 0 Å². The zero-order valence-electron chi connectivity index (χ0n) is 15.4. The fourth-order valence-corrected chi connectivity index (χ4v) is 3.21. The first-order valence-corrected chi connectivity index (χ1v) is 8.92. The molecule has 0 saturated carbocycles. The van der Waals surface area contributed by atoms with Gasteiger partial charge in [-0.3, -0.25) is 4.98 Å². The molecule has 4 rings (SSSR count). The number of fused-ring (bicyclic) bond motifs is 1. The van der Waals surface area contributed by atoms with Gasteiger partial charge in [0, 0.05) is 23.3 Å². The largest absolute Gasteiger partial charge is 0.465 e. The van der Waals surface area contributed by atoms with E-state index in [4.69, 9.17) is 9.72 Å². The minimum absolute atomic E-state index is 0.414.